The number of nitrogens with one attached hydrogen (secondary N) is 5. The van der Waals surface area contributed by atoms with Gasteiger partial charge in [-0.2, -0.15) is 19.9 Å². The quantitative estimate of drug-likeness (QED) is 0.0673. The number of fused-ring (bicyclic) bond motifs is 2. The SMILES string of the molecule is CCNC(=O)[C@H]1O[C@@H](n2cnc3c(NC4CCN(C(=O)N[C@H]5CC[C@H](Nc6nc(N7CC[C@@H](N(C)C)C7)nc7c6ncn7[C@@H]6O[C@H](C(=O)NCC)[C@@H](O)[C@H]6O)CC5)CC4)nc(N4CC[C@@H](N(C)C)C4)nc32)[C@H](O)[C@@H]1O. The van der Waals surface area contributed by atoms with Crippen molar-refractivity contribution in [1.29, 1.82) is 0 Å². The summed E-state index contributed by atoms with van der Waals surface area (Å²) in [6.07, 6.45) is -1.33. The van der Waals surface area contributed by atoms with Crippen LogP contribution >= 0.6 is 0 Å². The zero-order valence-corrected chi connectivity index (χ0v) is 43.6. The van der Waals surface area contributed by atoms with Crippen molar-refractivity contribution in [3.63, 3.8) is 0 Å². The van der Waals surface area contributed by atoms with Crippen LogP contribution in [0.3, 0.4) is 0 Å². The summed E-state index contributed by atoms with van der Waals surface area (Å²) in [5.41, 5.74) is 1.72. The molecule has 10 rings (SSSR count). The van der Waals surface area contributed by atoms with E-state index in [4.69, 9.17) is 29.4 Å². The van der Waals surface area contributed by atoms with Crippen molar-refractivity contribution in [2.75, 3.05) is 101 Å². The van der Waals surface area contributed by atoms with Crippen LogP contribution in [0.1, 0.15) is 77.7 Å². The molecule has 0 bridgehead atoms. The number of ether oxygens (including phenoxy) is 2. The molecule has 27 nitrogen and oxygen atoms in total. The number of imidazole rings is 2. The molecule has 410 valence electrons. The third kappa shape index (κ3) is 10.6. The lowest BCUT2D eigenvalue weighted by Crippen LogP contribution is -2.50. The lowest BCUT2D eigenvalue weighted by Gasteiger charge is -2.35. The van der Waals surface area contributed by atoms with Gasteiger partial charge in [-0.05, 0) is 93.4 Å². The van der Waals surface area contributed by atoms with Gasteiger partial charge < -0.3 is 81.0 Å². The second kappa shape index (κ2) is 22.0. The van der Waals surface area contributed by atoms with E-state index in [2.05, 4.69) is 84.3 Å². The number of anilines is 4. The van der Waals surface area contributed by atoms with E-state index in [-0.39, 0.29) is 24.2 Å². The number of aliphatic hydroxyl groups excluding tert-OH is 4. The number of likely N-dealkylation sites (tertiary alicyclic amines) is 1. The average molecular weight is 1050 g/mol. The highest BCUT2D eigenvalue weighted by Gasteiger charge is 2.49. The van der Waals surface area contributed by atoms with Gasteiger partial charge >= 0.3 is 6.03 Å². The molecule has 10 atom stereocenters. The van der Waals surface area contributed by atoms with Crippen molar-refractivity contribution < 1.29 is 44.3 Å². The number of nitrogens with zero attached hydrogens (tertiary/aromatic N) is 13. The van der Waals surface area contributed by atoms with E-state index in [0.717, 1.165) is 58.2 Å². The maximum absolute atomic E-state index is 13.8. The molecule has 1 aliphatic carbocycles. The molecule has 5 saturated heterocycles. The van der Waals surface area contributed by atoms with Crippen molar-refractivity contribution >= 4 is 63.7 Å². The summed E-state index contributed by atoms with van der Waals surface area (Å²) in [6, 6.07) is 0.480. The lowest BCUT2D eigenvalue weighted by atomic mass is 9.91. The van der Waals surface area contributed by atoms with Gasteiger partial charge in [0.2, 0.25) is 11.9 Å². The Labute approximate surface area is 434 Å². The predicted octanol–water partition coefficient (Wildman–Crippen LogP) is -1.23. The van der Waals surface area contributed by atoms with Crippen LogP contribution in [0.25, 0.3) is 22.3 Å². The maximum Gasteiger partial charge on any atom is 0.317 e. The average Bonchev–Trinajstić information content (AvgIpc) is 4.29. The van der Waals surface area contributed by atoms with Crippen LogP contribution in [0.2, 0.25) is 0 Å². The van der Waals surface area contributed by atoms with E-state index in [0.29, 0.717) is 104 Å². The molecule has 0 spiro atoms. The monoisotopic (exact) mass is 1050 g/mol. The molecule has 9 heterocycles. The summed E-state index contributed by atoms with van der Waals surface area (Å²) in [4.78, 5) is 79.0. The van der Waals surface area contributed by atoms with Gasteiger partial charge in [-0.15, -0.1) is 0 Å². The van der Waals surface area contributed by atoms with Gasteiger partial charge in [-0.25, -0.2) is 14.8 Å². The van der Waals surface area contributed by atoms with Crippen molar-refractivity contribution in [3.8, 4) is 0 Å². The topological polar surface area (TPSA) is 314 Å². The van der Waals surface area contributed by atoms with Crippen LogP contribution in [0.4, 0.5) is 28.3 Å². The number of hydrogen-bond acceptors (Lipinski definition) is 21. The summed E-state index contributed by atoms with van der Waals surface area (Å²) in [5.74, 6) is 1.01. The number of hydrogen-bond donors (Lipinski definition) is 9. The molecule has 9 N–H and O–H groups in total. The van der Waals surface area contributed by atoms with Crippen LogP contribution in [0, 0.1) is 0 Å². The van der Waals surface area contributed by atoms with Crippen molar-refractivity contribution in [2.24, 2.45) is 0 Å². The minimum atomic E-state index is -1.46. The summed E-state index contributed by atoms with van der Waals surface area (Å²) >= 11 is 0. The molecule has 6 fully saturated rings. The summed E-state index contributed by atoms with van der Waals surface area (Å²) in [5, 5.41) is 59.8. The Bertz CT molecular complexity index is 2670. The van der Waals surface area contributed by atoms with Crippen molar-refractivity contribution in [2.45, 2.75) is 145 Å². The van der Waals surface area contributed by atoms with Crippen LogP contribution in [-0.2, 0) is 19.1 Å². The fourth-order valence-corrected chi connectivity index (χ4v) is 11.4. The Hall–Kier alpha value is -5.81. The highest BCUT2D eigenvalue weighted by Crippen LogP contribution is 2.37. The molecule has 0 radical (unpaired) electrons. The highest BCUT2D eigenvalue weighted by atomic mass is 16.6. The smallest absolute Gasteiger partial charge is 0.317 e. The van der Waals surface area contributed by atoms with E-state index in [1.807, 2.05) is 4.90 Å². The summed E-state index contributed by atoms with van der Waals surface area (Å²) in [7, 11) is 8.21. The molecule has 4 aromatic heterocycles. The van der Waals surface area contributed by atoms with Gasteiger partial charge in [-0.3, -0.25) is 18.7 Å². The number of likely N-dealkylation sites (N-methyl/N-ethyl adjacent to an activating group) is 4. The summed E-state index contributed by atoms with van der Waals surface area (Å²) < 4.78 is 15.1. The Morgan fingerprint density at radius 1 is 0.587 bits per heavy atom. The van der Waals surface area contributed by atoms with E-state index in [1.165, 1.54) is 12.7 Å². The minimum absolute atomic E-state index is 0.0213. The van der Waals surface area contributed by atoms with Crippen molar-refractivity contribution in [1.82, 2.24) is 69.7 Å². The first-order valence-corrected chi connectivity index (χ1v) is 26.6. The van der Waals surface area contributed by atoms with Crippen LogP contribution < -0.4 is 36.4 Å². The molecule has 4 amide bonds. The van der Waals surface area contributed by atoms with Gasteiger partial charge in [0.1, 0.15) is 24.4 Å². The predicted molar refractivity (Wildman–Crippen MR) is 275 cm³/mol. The standard InChI is InChI=1S/C48H74N18O9/c1-7-49-42(71)36-32(67)34(69)44(74-36)65-23-51-30-38(56-46(58-40(30)65)63-19-15-28(21-63)60(3)4)53-25-9-11-26(12-10-25)55-48(73)62-17-13-27(14-18-62)54-39-31-41(59-47(57-39)64-20-16-29(22-64)61(5)6)66(24-52-31)45-35(70)33(68)37(75-45)43(72)50-8-2/h23-29,32-37,44-45,67-70H,7-22H2,1-6H3,(H,49,71)(H,50,72)(H,55,73)(H,53,56,58)(H,54,57,59)/t25-,26-,28-,29-,32+,33+,34-,35-,36+,37+,44-,45-/m1/s1. The molecule has 6 aliphatic rings. The van der Waals surface area contributed by atoms with Gasteiger partial charge in [-0.1, -0.05) is 0 Å². The van der Waals surface area contributed by atoms with Crippen LogP contribution in [0.5, 0.6) is 0 Å². The van der Waals surface area contributed by atoms with Gasteiger partial charge in [0, 0.05) is 82.6 Å². The Morgan fingerprint density at radius 3 is 1.43 bits per heavy atom. The number of carbonyl (C=O) groups is 3. The number of piperidine rings is 1. The summed E-state index contributed by atoms with van der Waals surface area (Å²) in [6.45, 7) is 8.18. The number of aliphatic hydroxyl groups is 4. The van der Waals surface area contributed by atoms with Crippen LogP contribution in [0.15, 0.2) is 12.7 Å². The zero-order valence-electron chi connectivity index (χ0n) is 43.6. The molecule has 5 aliphatic heterocycles. The van der Waals surface area contributed by atoms with Gasteiger partial charge in [0.05, 0.1) is 12.7 Å². The first-order valence-electron chi connectivity index (χ1n) is 26.6. The molecular formula is C48H74N18O9. The van der Waals surface area contributed by atoms with Gasteiger partial charge in [0.25, 0.3) is 11.8 Å². The number of aromatic nitrogens is 8. The number of carbonyl (C=O) groups excluding carboxylic acids is 3. The second-order valence-corrected chi connectivity index (χ2v) is 21.3. The Morgan fingerprint density at radius 2 is 1.01 bits per heavy atom. The number of rotatable bonds is 15. The molecule has 1 saturated carbocycles. The molecule has 0 aromatic carbocycles. The molecule has 0 unspecified atom stereocenters. The first-order chi connectivity index (χ1) is 36.1. The number of amides is 4. The van der Waals surface area contributed by atoms with E-state index in [1.54, 1.807) is 23.0 Å². The maximum atomic E-state index is 13.8. The zero-order chi connectivity index (χ0) is 52.8. The van der Waals surface area contributed by atoms with Crippen molar-refractivity contribution in [3.05, 3.63) is 12.7 Å². The van der Waals surface area contributed by atoms with E-state index in [9.17, 15) is 34.8 Å². The van der Waals surface area contributed by atoms with E-state index >= 15 is 0 Å². The first kappa shape index (κ1) is 52.6. The Balaban J connectivity index is 0.776. The lowest BCUT2D eigenvalue weighted by molar-refractivity contribution is -0.138. The Kier molecular flexibility index (Phi) is 15.5. The van der Waals surface area contributed by atoms with Crippen LogP contribution in [-0.4, -0.2) is 239 Å². The molecule has 27 heteroatoms. The molecule has 75 heavy (non-hydrogen) atoms. The second-order valence-electron chi connectivity index (χ2n) is 21.3. The molecular weight excluding hydrogens is 973 g/mol. The van der Waals surface area contributed by atoms with Gasteiger partial charge in [0.15, 0.2) is 58.6 Å². The number of urea groups is 1. The fourth-order valence-electron chi connectivity index (χ4n) is 11.4. The third-order valence-electron chi connectivity index (χ3n) is 15.9. The highest BCUT2D eigenvalue weighted by molar-refractivity contribution is 5.86. The van der Waals surface area contributed by atoms with E-state index < -0.39 is 60.9 Å². The molecule has 4 aromatic rings. The fraction of sp³-hybridized carbons (Fsp3) is 0.729. The normalized spacial score (nSPS) is 30.6. The minimum Gasteiger partial charge on any atom is -0.387 e. The largest absolute Gasteiger partial charge is 0.387 e. The third-order valence-corrected chi connectivity index (χ3v) is 15.9.